The van der Waals surface area contributed by atoms with Gasteiger partial charge in [-0.25, -0.2) is 4.79 Å². The minimum Gasteiger partial charge on any atom is -0.444 e. The number of alkyl carbamates (subject to hydrolysis) is 1. The van der Waals surface area contributed by atoms with E-state index < -0.39 is 11.7 Å². The van der Waals surface area contributed by atoms with Gasteiger partial charge in [-0.3, -0.25) is 4.79 Å². The van der Waals surface area contributed by atoms with Crippen molar-refractivity contribution in [3.8, 4) is 0 Å². The van der Waals surface area contributed by atoms with E-state index in [0.29, 0.717) is 13.1 Å². The van der Waals surface area contributed by atoms with E-state index in [-0.39, 0.29) is 11.9 Å². The van der Waals surface area contributed by atoms with Gasteiger partial charge in [0.05, 0.1) is 10.9 Å². The predicted molar refractivity (Wildman–Crippen MR) is 100 cm³/mol. The van der Waals surface area contributed by atoms with Gasteiger partial charge in [-0.05, 0) is 53.3 Å². The Morgan fingerprint density at radius 2 is 2.00 bits per heavy atom. The molecule has 1 aromatic rings. The molecule has 6 nitrogen and oxygen atoms in total. The zero-order valence-corrected chi connectivity index (χ0v) is 16.8. The molecule has 0 bridgehead atoms. The number of aryl methyl sites for hydroxylation is 2. The summed E-state index contributed by atoms with van der Waals surface area (Å²) in [7, 11) is 2.03. The Balaban J connectivity index is 2.04. The molecular formula is C18H29N3O3S. The van der Waals surface area contributed by atoms with Gasteiger partial charge < -0.3 is 19.9 Å². The molecule has 0 aliphatic carbocycles. The number of piperazine rings is 1. The number of carbonyl (C=O) groups is 2. The van der Waals surface area contributed by atoms with Crippen LogP contribution in [0.15, 0.2) is 6.07 Å². The monoisotopic (exact) mass is 367 g/mol. The lowest BCUT2D eigenvalue weighted by molar-refractivity contribution is 0.0405. The van der Waals surface area contributed by atoms with Gasteiger partial charge in [-0.15, -0.1) is 11.3 Å². The number of thiophene rings is 1. The summed E-state index contributed by atoms with van der Waals surface area (Å²) >= 11 is 1.53. The normalized spacial score (nSPS) is 19.0. The van der Waals surface area contributed by atoms with Crippen LogP contribution in [0.4, 0.5) is 4.79 Å². The van der Waals surface area contributed by atoms with E-state index >= 15 is 0 Å². The van der Waals surface area contributed by atoms with Crippen LogP contribution in [0.5, 0.6) is 0 Å². The average molecular weight is 368 g/mol. The molecule has 1 aliphatic heterocycles. The molecule has 2 heterocycles. The summed E-state index contributed by atoms with van der Waals surface area (Å²) in [5, 5.41) is 2.80. The second kappa shape index (κ2) is 7.74. The van der Waals surface area contributed by atoms with Crippen LogP contribution >= 0.6 is 11.3 Å². The quantitative estimate of drug-likeness (QED) is 0.892. The van der Waals surface area contributed by atoms with Crippen molar-refractivity contribution in [2.45, 2.75) is 46.3 Å². The van der Waals surface area contributed by atoms with Gasteiger partial charge in [0.15, 0.2) is 0 Å². The lowest BCUT2D eigenvalue weighted by Crippen LogP contribution is -2.57. The second-order valence-electron chi connectivity index (χ2n) is 7.65. The first-order valence-electron chi connectivity index (χ1n) is 8.60. The largest absolute Gasteiger partial charge is 0.444 e. The fraction of sp³-hybridized carbons (Fsp3) is 0.667. The molecule has 1 unspecified atom stereocenters. The molecule has 0 aromatic carbocycles. The fourth-order valence-electron chi connectivity index (χ4n) is 2.79. The molecule has 0 spiro atoms. The summed E-state index contributed by atoms with van der Waals surface area (Å²) in [6.45, 7) is 12.1. The van der Waals surface area contributed by atoms with Crippen LogP contribution < -0.4 is 5.32 Å². The van der Waals surface area contributed by atoms with Crippen LogP contribution in [0.2, 0.25) is 0 Å². The highest BCUT2D eigenvalue weighted by molar-refractivity contribution is 7.14. The van der Waals surface area contributed by atoms with Crippen LogP contribution in [0.25, 0.3) is 0 Å². The smallest absolute Gasteiger partial charge is 0.407 e. The topological polar surface area (TPSA) is 61.9 Å². The van der Waals surface area contributed by atoms with E-state index in [4.69, 9.17) is 4.74 Å². The third-order valence-corrected chi connectivity index (χ3v) is 5.34. The van der Waals surface area contributed by atoms with Gasteiger partial charge in [-0.2, -0.15) is 0 Å². The minimum absolute atomic E-state index is 0.0466. The molecule has 2 amide bonds. The number of nitrogens with zero attached hydrogens (tertiary/aromatic N) is 2. The van der Waals surface area contributed by atoms with Crippen molar-refractivity contribution < 1.29 is 14.3 Å². The summed E-state index contributed by atoms with van der Waals surface area (Å²) in [4.78, 5) is 30.8. The summed E-state index contributed by atoms with van der Waals surface area (Å²) in [5.74, 6) is 0.0466. The molecule has 0 radical (unpaired) electrons. The van der Waals surface area contributed by atoms with Crippen molar-refractivity contribution in [2.24, 2.45) is 0 Å². The summed E-state index contributed by atoms with van der Waals surface area (Å²) in [6.07, 6.45) is -0.448. The van der Waals surface area contributed by atoms with Crippen LogP contribution in [-0.2, 0) is 4.74 Å². The average Bonchev–Trinajstić information content (AvgIpc) is 2.82. The van der Waals surface area contributed by atoms with E-state index in [1.807, 2.05) is 52.6 Å². The van der Waals surface area contributed by atoms with Gasteiger partial charge in [0, 0.05) is 31.1 Å². The first kappa shape index (κ1) is 19.7. The Hall–Kier alpha value is -1.60. The van der Waals surface area contributed by atoms with E-state index in [1.54, 1.807) is 0 Å². The van der Waals surface area contributed by atoms with Gasteiger partial charge in [-0.1, -0.05) is 0 Å². The number of hydrogen-bond donors (Lipinski definition) is 1. The van der Waals surface area contributed by atoms with Gasteiger partial charge in [0.1, 0.15) is 5.60 Å². The van der Waals surface area contributed by atoms with Crippen LogP contribution in [0, 0.1) is 13.8 Å². The molecule has 1 fully saturated rings. The summed E-state index contributed by atoms with van der Waals surface area (Å²) in [5.41, 5.74) is 0.612. The SMILES string of the molecule is Cc1cc(C(=O)N2CCN(C)CC2CNC(=O)OC(C)(C)C)sc1C. The van der Waals surface area contributed by atoms with Crippen molar-refractivity contribution >= 4 is 23.3 Å². The molecular weight excluding hydrogens is 338 g/mol. The summed E-state index contributed by atoms with van der Waals surface area (Å²) < 4.78 is 5.29. The molecule has 7 heteroatoms. The molecule has 0 saturated carbocycles. The van der Waals surface area contributed by atoms with Crippen molar-refractivity contribution in [2.75, 3.05) is 33.2 Å². The zero-order chi connectivity index (χ0) is 18.8. The number of ether oxygens (including phenoxy) is 1. The predicted octanol–water partition coefficient (Wildman–Crippen LogP) is 2.65. The van der Waals surface area contributed by atoms with Crippen LogP contribution in [0.3, 0.4) is 0 Å². The highest BCUT2D eigenvalue weighted by Crippen LogP contribution is 2.23. The molecule has 1 aliphatic rings. The Labute approximate surface area is 154 Å². The van der Waals surface area contributed by atoms with Crippen LogP contribution in [0.1, 0.15) is 40.9 Å². The second-order valence-corrected chi connectivity index (χ2v) is 8.90. The number of hydrogen-bond acceptors (Lipinski definition) is 5. The van der Waals surface area contributed by atoms with Crippen molar-refractivity contribution in [3.05, 3.63) is 21.4 Å². The molecule has 1 aromatic heterocycles. The van der Waals surface area contributed by atoms with E-state index in [9.17, 15) is 9.59 Å². The number of amides is 2. The first-order chi connectivity index (χ1) is 11.6. The first-order valence-corrected chi connectivity index (χ1v) is 9.42. The van der Waals surface area contributed by atoms with E-state index in [0.717, 1.165) is 23.5 Å². The number of nitrogens with one attached hydrogen (secondary N) is 1. The van der Waals surface area contributed by atoms with E-state index in [1.165, 1.54) is 16.2 Å². The zero-order valence-electron chi connectivity index (χ0n) is 16.0. The minimum atomic E-state index is -0.533. The van der Waals surface area contributed by atoms with Gasteiger partial charge in [0.25, 0.3) is 5.91 Å². The fourth-order valence-corrected chi connectivity index (χ4v) is 3.78. The maximum absolute atomic E-state index is 12.9. The van der Waals surface area contributed by atoms with Crippen molar-refractivity contribution in [1.82, 2.24) is 15.1 Å². The van der Waals surface area contributed by atoms with Crippen molar-refractivity contribution in [1.29, 1.82) is 0 Å². The molecule has 140 valence electrons. The molecule has 1 saturated heterocycles. The highest BCUT2D eigenvalue weighted by atomic mass is 32.1. The van der Waals surface area contributed by atoms with E-state index in [2.05, 4.69) is 10.2 Å². The Bertz CT molecular complexity index is 617. The third kappa shape index (κ3) is 5.44. The third-order valence-electron chi connectivity index (χ3n) is 4.20. The summed E-state index contributed by atoms with van der Waals surface area (Å²) in [6, 6.07) is 1.89. The maximum Gasteiger partial charge on any atom is 0.407 e. The Kier molecular flexibility index (Phi) is 6.11. The standard InChI is InChI=1S/C18H29N3O3S/c1-12-9-15(25-13(12)2)16(22)21-8-7-20(6)11-14(21)10-19-17(23)24-18(3,4)5/h9,14H,7-8,10-11H2,1-6H3,(H,19,23). The molecule has 1 atom stereocenters. The number of carbonyl (C=O) groups excluding carboxylic acids is 2. The Morgan fingerprint density at radius 1 is 1.32 bits per heavy atom. The number of rotatable bonds is 3. The molecule has 1 N–H and O–H groups in total. The molecule has 25 heavy (non-hydrogen) atoms. The molecule has 2 rings (SSSR count). The van der Waals surface area contributed by atoms with Gasteiger partial charge in [0.2, 0.25) is 0 Å². The van der Waals surface area contributed by atoms with Crippen LogP contribution in [-0.4, -0.2) is 66.7 Å². The number of likely N-dealkylation sites (N-methyl/N-ethyl adjacent to an activating group) is 1. The van der Waals surface area contributed by atoms with Crippen molar-refractivity contribution in [3.63, 3.8) is 0 Å². The van der Waals surface area contributed by atoms with Gasteiger partial charge >= 0.3 is 6.09 Å². The lowest BCUT2D eigenvalue weighted by atomic mass is 10.1. The highest BCUT2D eigenvalue weighted by Gasteiger charge is 2.31. The lowest BCUT2D eigenvalue weighted by Gasteiger charge is -2.40. The Morgan fingerprint density at radius 3 is 2.56 bits per heavy atom. The maximum atomic E-state index is 12.9.